The number of carbonyl (C=O) groups is 1. The van der Waals surface area contributed by atoms with Gasteiger partial charge in [0.05, 0.1) is 12.8 Å². The number of phenols is 1. The van der Waals surface area contributed by atoms with E-state index in [4.69, 9.17) is 9.57 Å². The highest BCUT2D eigenvalue weighted by Crippen LogP contribution is 2.61. The number of carbonyl (C=O) groups excluding carboxylic acids is 1. The van der Waals surface area contributed by atoms with Gasteiger partial charge in [-0.25, -0.2) is 4.79 Å². The van der Waals surface area contributed by atoms with Gasteiger partial charge < -0.3 is 14.7 Å². The molecule has 0 heterocycles. The molecule has 0 spiro atoms. The van der Waals surface area contributed by atoms with E-state index in [2.05, 4.69) is 38.1 Å². The summed E-state index contributed by atoms with van der Waals surface area (Å²) in [4.78, 5) is 16.9. The van der Waals surface area contributed by atoms with Crippen LogP contribution in [0.25, 0.3) is 0 Å². The zero-order valence-corrected chi connectivity index (χ0v) is 25.2. The van der Waals surface area contributed by atoms with Gasteiger partial charge in [0, 0.05) is 11.0 Å². The number of esters is 1. The van der Waals surface area contributed by atoms with Gasteiger partial charge in [-0.3, -0.25) is 0 Å². The van der Waals surface area contributed by atoms with Gasteiger partial charge in [-0.15, -0.1) is 0 Å². The van der Waals surface area contributed by atoms with E-state index in [0.29, 0.717) is 23.5 Å². The molecule has 5 nitrogen and oxygen atoms in total. The number of phenolic OH excluding ortho intramolecular Hbond substituents is 1. The number of aromatic hydroxyl groups is 1. The van der Waals surface area contributed by atoms with Crippen LogP contribution in [-0.2, 0) is 26.2 Å². The van der Waals surface area contributed by atoms with Crippen LogP contribution in [0.15, 0.2) is 17.3 Å². The fraction of sp³-hybridized carbons (Fsp3) is 0.765. The fourth-order valence-electron chi connectivity index (χ4n) is 10.1. The second-order valence-corrected chi connectivity index (χ2v) is 13.9. The van der Waals surface area contributed by atoms with E-state index in [0.717, 1.165) is 55.6 Å². The maximum atomic E-state index is 11.5. The zero-order chi connectivity index (χ0) is 27.9. The second kappa shape index (κ2) is 11.1. The number of rotatable bonds is 4. The second-order valence-electron chi connectivity index (χ2n) is 13.9. The summed E-state index contributed by atoms with van der Waals surface area (Å²) in [6.45, 7) is 11.1. The van der Waals surface area contributed by atoms with Crippen molar-refractivity contribution < 1.29 is 19.5 Å². The van der Waals surface area contributed by atoms with Crippen molar-refractivity contribution in [1.29, 1.82) is 0 Å². The number of hydrogen-bond donors (Lipinski definition) is 1. The van der Waals surface area contributed by atoms with Gasteiger partial charge in [0.1, 0.15) is 5.75 Å². The number of methoxy groups -OCH3 is 1. The van der Waals surface area contributed by atoms with Gasteiger partial charge in [-0.2, -0.15) is 0 Å². The number of benzene rings is 1. The molecule has 5 unspecified atom stereocenters. The first-order valence-corrected chi connectivity index (χ1v) is 15.8. The van der Waals surface area contributed by atoms with Crippen molar-refractivity contribution in [3.63, 3.8) is 0 Å². The molecule has 6 rings (SSSR count). The van der Waals surface area contributed by atoms with Crippen LogP contribution < -0.4 is 0 Å². The number of fused-ring (bicyclic) bond motifs is 7. The highest BCUT2D eigenvalue weighted by atomic mass is 16.6. The molecule has 216 valence electrons. The zero-order valence-electron chi connectivity index (χ0n) is 25.2. The van der Waals surface area contributed by atoms with E-state index in [1.807, 2.05) is 13.8 Å². The normalized spacial score (nSPS) is 39.5. The first-order valence-electron chi connectivity index (χ1n) is 15.8. The SMILES string of the molecule is CC.COC(=O)CO/N=C1\CCC2C3CCc4cc(O)c(C5(C)CC6CC(C)CC(C6)C5)cc4C3CC[C@]12C. The van der Waals surface area contributed by atoms with Crippen molar-refractivity contribution >= 4 is 11.7 Å². The standard InChI is InChI=1S/C32H45NO4.C2H6/c1-19-11-20-13-21(12-19)17-31(2,16-20)27-15-25-22(14-28(27)34)5-6-24-23(25)9-10-32(3)26(24)7-8-29(32)33-37-18-30(35)36-4;1-2/h14-15,19-21,23-24,26,34H,5-13,16-18H2,1-4H3;1-2H3/b33-29+;/t19?,20?,21?,23?,24?,26?,31?,32-;/m0./s1. The van der Waals surface area contributed by atoms with Gasteiger partial charge in [-0.05, 0) is 129 Å². The largest absolute Gasteiger partial charge is 0.508 e. The van der Waals surface area contributed by atoms with Gasteiger partial charge in [0.15, 0.2) is 0 Å². The maximum absolute atomic E-state index is 11.5. The van der Waals surface area contributed by atoms with Crippen LogP contribution in [0.5, 0.6) is 5.75 Å². The number of ether oxygens (including phenoxy) is 1. The summed E-state index contributed by atoms with van der Waals surface area (Å²) >= 11 is 0. The van der Waals surface area contributed by atoms with Crippen LogP contribution in [0.4, 0.5) is 0 Å². The molecule has 0 aromatic heterocycles. The maximum Gasteiger partial charge on any atom is 0.346 e. The average Bonchev–Trinajstić information content (AvgIpc) is 3.24. The lowest BCUT2D eigenvalue weighted by Crippen LogP contribution is -2.43. The third kappa shape index (κ3) is 5.12. The molecule has 4 saturated carbocycles. The molecule has 5 aliphatic rings. The molecule has 2 bridgehead atoms. The molecule has 39 heavy (non-hydrogen) atoms. The van der Waals surface area contributed by atoms with Crippen LogP contribution in [0.1, 0.15) is 121 Å². The summed E-state index contributed by atoms with van der Waals surface area (Å²) in [5.74, 6) is 4.45. The van der Waals surface area contributed by atoms with E-state index in [-0.39, 0.29) is 23.4 Å². The summed E-state index contributed by atoms with van der Waals surface area (Å²) in [6.07, 6.45) is 13.2. The molecular formula is C34H51NO4. The Bertz CT molecular complexity index is 1080. The lowest BCUT2D eigenvalue weighted by Gasteiger charge is -2.50. The summed E-state index contributed by atoms with van der Waals surface area (Å²) in [5, 5.41) is 15.8. The average molecular weight is 538 g/mol. The van der Waals surface area contributed by atoms with Crippen LogP contribution in [0.3, 0.4) is 0 Å². The summed E-state index contributed by atoms with van der Waals surface area (Å²) in [6, 6.07) is 4.62. The van der Waals surface area contributed by atoms with Crippen LogP contribution >= 0.6 is 0 Å². The molecule has 1 aromatic carbocycles. The molecule has 6 atom stereocenters. The number of oxime groups is 1. The van der Waals surface area contributed by atoms with Crippen LogP contribution in [-0.4, -0.2) is 30.5 Å². The molecule has 4 fully saturated rings. The molecule has 0 aliphatic heterocycles. The quantitative estimate of drug-likeness (QED) is 0.313. The van der Waals surface area contributed by atoms with E-state index in [1.54, 1.807) is 0 Å². The lowest BCUT2D eigenvalue weighted by atomic mass is 9.54. The monoisotopic (exact) mass is 537 g/mol. The predicted octanol–water partition coefficient (Wildman–Crippen LogP) is 7.92. The van der Waals surface area contributed by atoms with Crippen molar-refractivity contribution in [3.8, 4) is 5.75 Å². The lowest BCUT2D eigenvalue weighted by molar-refractivity contribution is -0.145. The first kappa shape index (κ1) is 28.5. The van der Waals surface area contributed by atoms with Crippen LogP contribution in [0.2, 0.25) is 0 Å². The van der Waals surface area contributed by atoms with Gasteiger partial charge >= 0.3 is 5.97 Å². The van der Waals surface area contributed by atoms with Crippen molar-refractivity contribution in [2.45, 2.75) is 117 Å². The molecule has 1 N–H and O–H groups in total. The third-order valence-corrected chi connectivity index (χ3v) is 11.4. The van der Waals surface area contributed by atoms with E-state index in [9.17, 15) is 9.90 Å². The molecule has 0 amide bonds. The Morgan fingerprint density at radius 3 is 2.46 bits per heavy atom. The predicted molar refractivity (Wildman–Crippen MR) is 156 cm³/mol. The Morgan fingerprint density at radius 1 is 1.05 bits per heavy atom. The minimum absolute atomic E-state index is 0.0536. The molecule has 5 heteroatoms. The molecule has 0 saturated heterocycles. The Balaban J connectivity index is 0.00000151. The van der Waals surface area contributed by atoms with Crippen molar-refractivity contribution in [3.05, 3.63) is 28.8 Å². The minimum atomic E-state index is -0.388. The van der Waals surface area contributed by atoms with Gasteiger partial charge in [0.25, 0.3) is 0 Å². The van der Waals surface area contributed by atoms with Crippen molar-refractivity contribution in [1.82, 2.24) is 0 Å². The van der Waals surface area contributed by atoms with Gasteiger partial charge in [-0.1, -0.05) is 45.8 Å². The minimum Gasteiger partial charge on any atom is -0.508 e. The Hall–Kier alpha value is -2.04. The van der Waals surface area contributed by atoms with Crippen molar-refractivity contribution in [2.24, 2.45) is 40.2 Å². The number of hydrogen-bond acceptors (Lipinski definition) is 5. The Morgan fingerprint density at radius 2 is 1.77 bits per heavy atom. The van der Waals surface area contributed by atoms with E-state index >= 15 is 0 Å². The topological polar surface area (TPSA) is 68.1 Å². The number of nitrogens with zero attached hydrogens (tertiary/aromatic N) is 1. The van der Waals surface area contributed by atoms with Gasteiger partial charge in [0.2, 0.25) is 6.61 Å². The van der Waals surface area contributed by atoms with Crippen LogP contribution in [0, 0.1) is 35.0 Å². The van der Waals surface area contributed by atoms with E-state index < -0.39 is 0 Å². The van der Waals surface area contributed by atoms with Crippen molar-refractivity contribution in [2.75, 3.05) is 13.7 Å². The number of aryl methyl sites for hydroxylation is 1. The molecule has 1 aromatic rings. The first-order chi connectivity index (χ1) is 18.7. The fourth-order valence-corrected chi connectivity index (χ4v) is 10.1. The Labute approximate surface area is 236 Å². The highest BCUT2D eigenvalue weighted by molar-refractivity contribution is 5.92. The molecular weight excluding hydrogens is 486 g/mol. The Kier molecular flexibility index (Phi) is 8.10. The molecule has 5 aliphatic carbocycles. The summed E-state index contributed by atoms with van der Waals surface area (Å²) < 4.78 is 4.69. The smallest absolute Gasteiger partial charge is 0.346 e. The summed E-state index contributed by atoms with van der Waals surface area (Å²) in [5.41, 5.74) is 5.42. The summed E-state index contributed by atoms with van der Waals surface area (Å²) in [7, 11) is 1.37. The molecule has 0 radical (unpaired) electrons. The highest BCUT2D eigenvalue weighted by Gasteiger charge is 2.54. The third-order valence-electron chi connectivity index (χ3n) is 11.4. The van der Waals surface area contributed by atoms with E-state index in [1.165, 1.54) is 62.3 Å².